The van der Waals surface area contributed by atoms with Crippen molar-refractivity contribution in [2.45, 2.75) is 19.0 Å². The molecule has 0 N–H and O–H groups in total. The average Bonchev–Trinajstić information content (AvgIpc) is 2.85. The Morgan fingerprint density at radius 3 is 3.00 bits per heavy atom. The van der Waals surface area contributed by atoms with Gasteiger partial charge < -0.3 is 4.90 Å². The van der Waals surface area contributed by atoms with Gasteiger partial charge in [-0.3, -0.25) is 9.20 Å². The molecule has 0 unspecified atom stereocenters. The number of likely N-dealkylation sites (N-methyl/N-ethyl adjacent to an activating group) is 1. The van der Waals surface area contributed by atoms with Crippen LogP contribution in [0.4, 0.5) is 0 Å². The largest absolute Gasteiger partial charge is 0.338 e. The Bertz CT molecular complexity index is 620. The summed E-state index contributed by atoms with van der Waals surface area (Å²) in [5.74, 6) is 0.517. The summed E-state index contributed by atoms with van der Waals surface area (Å²) >= 11 is 1.47. The van der Waals surface area contributed by atoms with Gasteiger partial charge in [-0.15, -0.1) is 0 Å². The summed E-state index contributed by atoms with van der Waals surface area (Å²) in [5, 5.41) is 0.848. The van der Waals surface area contributed by atoms with Crippen LogP contribution in [0.15, 0.2) is 47.9 Å². The highest BCUT2D eigenvalue weighted by Gasteiger charge is 2.13. The summed E-state index contributed by atoms with van der Waals surface area (Å²) in [7, 11) is 0. The fourth-order valence-electron chi connectivity index (χ4n) is 1.95. The quantitative estimate of drug-likeness (QED) is 0.606. The van der Waals surface area contributed by atoms with Gasteiger partial charge in [0.25, 0.3) is 0 Å². The standard InChI is InChI=1S/C15H19N3OS/c1-4-17(10-12(2)3)14(19)11-20-15-16-9-13-7-5-6-8-18(13)15/h5-9H,2,4,10-11H2,1,3H3. The summed E-state index contributed by atoms with van der Waals surface area (Å²) in [6.07, 6.45) is 3.78. The van der Waals surface area contributed by atoms with E-state index in [-0.39, 0.29) is 5.91 Å². The van der Waals surface area contributed by atoms with E-state index in [0.717, 1.165) is 16.2 Å². The van der Waals surface area contributed by atoms with Crippen molar-refractivity contribution < 1.29 is 4.79 Å². The van der Waals surface area contributed by atoms with Gasteiger partial charge in [-0.2, -0.15) is 0 Å². The smallest absolute Gasteiger partial charge is 0.233 e. The van der Waals surface area contributed by atoms with Crippen molar-refractivity contribution in [2.24, 2.45) is 0 Å². The van der Waals surface area contributed by atoms with Gasteiger partial charge in [-0.25, -0.2) is 4.98 Å². The number of aromatic nitrogens is 2. The molecule has 106 valence electrons. The number of imidazole rings is 1. The van der Waals surface area contributed by atoms with Crippen LogP contribution in [-0.4, -0.2) is 39.0 Å². The van der Waals surface area contributed by atoms with Crippen LogP contribution in [-0.2, 0) is 4.79 Å². The van der Waals surface area contributed by atoms with Crippen molar-refractivity contribution in [1.29, 1.82) is 0 Å². The molecule has 0 saturated heterocycles. The molecule has 2 heterocycles. The minimum absolute atomic E-state index is 0.119. The van der Waals surface area contributed by atoms with Gasteiger partial charge in [0.15, 0.2) is 5.16 Å². The molecule has 0 aliphatic carbocycles. The van der Waals surface area contributed by atoms with Crippen LogP contribution >= 0.6 is 11.8 Å². The second-order valence-electron chi connectivity index (χ2n) is 4.69. The van der Waals surface area contributed by atoms with Crippen LogP contribution < -0.4 is 0 Å². The number of fused-ring (bicyclic) bond motifs is 1. The van der Waals surface area contributed by atoms with Gasteiger partial charge in [-0.05, 0) is 26.0 Å². The van der Waals surface area contributed by atoms with E-state index in [4.69, 9.17) is 0 Å². The lowest BCUT2D eigenvalue weighted by Gasteiger charge is -2.20. The van der Waals surface area contributed by atoms with Gasteiger partial charge in [0, 0.05) is 19.3 Å². The number of nitrogens with zero attached hydrogens (tertiary/aromatic N) is 3. The van der Waals surface area contributed by atoms with Gasteiger partial charge in [0.2, 0.25) is 5.91 Å². The van der Waals surface area contributed by atoms with Crippen LogP contribution in [0.3, 0.4) is 0 Å². The normalized spacial score (nSPS) is 10.7. The van der Waals surface area contributed by atoms with Crippen LogP contribution in [0.1, 0.15) is 13.8 Å². The SMILES string of the molecule is C=C(C)CN(CC)C(=O)CSc1ncc2ccccn12. The minimum Gasteiger partial charge on any atom is -0.338 e. The lowest BCUT2D eigenvalue weighted by molar-refractivity contribution is -0.127. The Labute approximate surface area is 123 Å². The first-order valence-electron chi connectivity index (χ1n) is 6.59. The van der Waals surface area contributed by atoms with Gasteiger partial charge >= 0.3 is 0 Å². The maximum Gasteiger partial charge on any atom is 0.233 e. The molecule has 2 aromatic heterocycles. The molecule has 0 bridgehead atoms. The molecule has 0 saturated carbocycles. The van der Waals surface area contributed by atoms with E-state index in [0.29, 0.717) is 18.8 Å². The summed E-state index contributed by atoms with van der Waals surface area (Å²) in [4.78, 5) is 18.3. The van der Waals surface area contributed by atoms with Crippen molar-refractivity contribution in [3.63, 3.8) is 0 Å². The van der Waals surface area contributed by atoms with E-state index in [1.807, 2.05) is 53.7 Å². The molecule has 0 aliphatic heterocycles. The monoisotopic (exact) mass is 289 g/mol. The van der Waals surface area contributed by atoms with Crippen molar-refractivity contribution >= 4 is 23.2 Å². The fourth-order valence-corrected chi connectivity index (χ4v) is 2.81. The summed E-state index contributed by atoms with van der Waals surface area (Å²) < 4.78 is 1.99. The number of carbonyl (C=O) groups excluding carboxylic acids is 1. The van der Waals surface area contributed by atoms with E-state index < -0.39 is 0 Å². The topological polar surface area (TPSA) is 37.6 Å². The van der Waals surface area contributed by atoms with Crippen molar-refractivity contribution in [1.82, 2.24) is 14.3 Å². The number of hydrogen-bond donors (Lipinski definition) is 0. The number of thioether (sulfide) groups is 1. The molecule has 20 heavy (non-hydrogen) atoms. The lowest BCUT2D eigenvalue weighted by Crippen LogP contribution is -2.33. The first kappa shape index (κ1) is 14.7. The van der Waals surface area contributed by atoms with E-state index in [9.17, 15) is 4.79 Å². The molecule has 0 aromatic carbocycles. The van der Waals surface area contributed by atoms with Crippen LogP contribution in [0, 0.1) is 0 Å². The highest BCUT2D eigenvalue weighted by Crippen LogP contribution is 2.18. The molecular weight excluding hydrogens is 270 g/mol. The van der Waals surface area contributed by atoms with E-state index in [2.05, 4.69) is 11.6 Å². The first-order chi connectivity index (χ1) is 9.61. The predicted octanol–water partition coefficient (Wildman–Crippen LogP) is 2.85. The number of rotatable bonds is 6. The minimum atomic E-state index is 0.119. The molecule has 0 fully saturated rings. The molecule has 2 aromatic rings. The Balaban J connectivity index is 2.01. The van der Waals surface area contributed by atoms with Crippen molar-refractivity contribution in [3.8, 4) is 0 Å². The number of carbonyl (C=O) groups is 1. The van der Waals surface area contributed by atoms with E-state index in [1.165, 1.54) is 11.8 Å². The zero-order chi connectivity index (χ0) is 14.5. The molecule has 2 rings (SSSR count). The van der Waals surface area contributed by atoms with Crippen LogP contribution in [0.5, 0.6) is 0 Å². The number of hydrogen-bond acceptors (Lipinski definition) is 3. The van der Waals surface area contributed by atoms with E-state index >= 15 is 0 Å². The second kappa shape index (κ2) is 6.61. The average molecular weight is 289 g/mol. The Morgan fingerprint density at radius 2 is 2.30 bits per heavy atom. The Morgan fingerprint density at radius 1 is 1.50 bits per heavy atom. The molecule has 1 amide bonds. The Hall–Kier alpha value is -1.75. The lowest BCUT2D eigenvalue weighted by atomic mass is 10.3. The summed E-state index contributed by atoms with van der Waals surface area (Å²) in [6, 6.07) is 5.93. The van der Waals surface area contributed by atoms with Crippen molar-refractivity contribution in [3.05, 3.63) is 42.7 Å². The number of pyridine rings is 1. The molecule has 0 spiro atoms. The highest BCUT2D eigenvalue weighted by molar-refractivity contribution is 7.99. The first-order valence-corrected chi connectivity index (χ1v) is 7.57. The fraction of sp³-hybridized carbons (Fsp3) is 0.333. The maximum absolute atomic E-state index is 12.2. The number of amides is 1. The van der Waals surface area contributed by atoms with Crippen molar-refractivity contribution in [2.75, 3.05) is 18.8 Å². The third-order valence-corrected chi connectivity index (χ3v) is 3.88. The third kappa shape index (κ3) is 3.42. The molecule has 0 atom stereocenters. The van der Waals surface area contributed by atoms with Gasteiger partial charge in [0.05, 0.1) is 17.5 Å². The molecule has 4 nitrogen and oxygen atoms in total. The summed E-state index contributed by atoms with van der Waals surface area (Å²) in [5.41, 5.74) is 2.04. The van der Waals surface area contributed by atoms with Crippen LogP contribution in [0.25, 0.3) is 5.52 Å². The molecular formula is C15H19N3OS. The Kier molecular flexibility index (Phi) is 4.84. The molecule has 0 radical (unpaired) electrons. The maximum atomic E-state index is 12.2. The zero-order valence-corrected chi connectivity index (χ0v) is 12.7. The van der Waals surface area contributed by atoms with Crippen LogP contribution in [0.2, 0.25) is 0 Å². The molecule has 5 heteroatoms. The van der Waals surface area contributed by atoms with Gasteiger partial charge in [0.1, 0.15) is 0 Å². The highest BCUT2D eigenvalue weighted by atomic mass is 32.2. The van der Waals surface area contributed by atoms with Gasteiger partial charge in [-0.1, -0.05) is 30.0 Å². The van der Waals surface area contributed by atoms with E-state index in [1.54, 1.807) is 0 Å². The second-order valence-corrected chi connectivity index (χ2v) is 5.63. The zero-order valence-electron chi connectivity index (χ0n) is 11.9. The molecule has 0 aliphatic rings. The predicted molar refractivity (Wildman–Crippen MR) is 83.0 cm³/mol. The summed E-state index contributed by atoms with van der Waals surface area (Å²) in [6.45, 7) is 9.10. The third-order valence-electron chi connectivity index (χ3n) is 2.92.